The van der Waals surface area contributed by atoms with E-state index in [0.717, 1.165) is 34.7 Å². The fraction of sp³-hybridized carbons (Fsp3) is 0.381. The van der Waals surface area contributed by atoms with Gasteiger partial charge in [0.2, 0.25) is 0 Å². The highest BCUT2D eigenvalue weighted by molar-refractivity contribution is 5.94. The van der Waals surface area contributed by atoms with Crippen LogP contribution in [0.1, 0.15) is 38.3 Å². The van der Waals surface area contributed by atoms with Gasteiger partial charge in [-0.3, -0.25) is 4.79 Å². The lowest BCUT2D eigenvalue weighted by Crippen LogP contribution is -2.30. The smallest absolute Gasteiger partial charge is 0.265 e. The summed E-state index contributed by atoms with van der Waals surface area (Å²) in [6.07, 6.45) is 0.536. The topological polar surface area (TPSA) is 47.6 Å². The van der Waals surface area contributed by atoms with Gasteiger partial charge in [-0.2, -0.15) is 0 Å². The predicted octanol–water partition coefficient (Wildman–Crippen LogP) is 4.89. The van der Waals surface area contributed by atoms with Crippen molar-refractivity contribution in [1.82, 2.24) is 0 Å². The number of benzene rings is 2. The molecule has 0 aliphatic heterocycles. The number of carbonyl (C=O) groups excluding carboxylic acids is 1. The van der Waals surface area contributed by atoms with E-state index in [4.69, 9.17) is 9.47 Å². The maximum Gasteiger partial charge on any atom is 0.265 e. The van der Waals surface area contributed by atoms with Crippen LogP contribution in [0.3, 0.4) is 0 Å². The van der Waals surface area contributed by atoms with Crippen LogP contribution in [0, 0.1) is 13.8 Å². The highest BCUT2D eigenvalue weighted by atomic mass is 16.5. The summed E-state index contributed by atoms with van der Waals surface area (Å²) in [4.78, 5) is 12.4. The van der Waals surface area contributed by atoms with Crippen molar-refractivity contribution in [2.75, 3.05) is 5.32 Å². The minimum Gasteiger partial charge on any atom is -0.491 e. The van der Waals surface area contributed by atoms with Crippen molar-refractivity contribution in [3.63, 3.8) is 0 Å². The Hall–Kier alpha value is -2.49. The number of aryl methyl sites for hydroxylation is 2. The Morgan fingerprint density at radius 2 is 1.72 bits per heavy atom. The molecule has 4 nitrogen and oxygen atoms in total. The van der Waals surface area contributed by atoms with E-state index >= 15 is 0 Å². The molecule has 2 atom stereocenters. The lowest BCUT2D eigenvalue weighted by Gasteiger charge is -2.17. The van der Waals surface area contributed by atoms with E-state index in [9.17, 15) is 4.79 Å². The zero-order valence-electron chi connectivity index (χ0n) is 15.6. The van der Waals surface area contributed by atoms with Crippen molar-refractivity contribution in [2.45, 2.75) is 53.2 Å². The SMILES string of the molecule is CCC(C)Oc1ccc(NC(=O)C(C)Oc2cc(C)ccc2C)cc1. The molecule has 0 heterocycles. The summed E-state index contributed by atoms with van der Waals surface area (Å²) in [5, 5.41) is 2.87. The van der Waals surface area contributed by atoms with Gasteiger partial charge in [-0.25, -0.2) is 0 Å². The zero-order chi connectivity index (χ0) is 18.4. The normalized spacial score (nSPS) is 13.0. The van der Waals surface area contributed by atoms with Gasteiger partial charge in [-0.05, 0) is 75.6 Å². The van der Waals surface area contributed by atoms with E-state index in [1.165, 1.54) is 0 Å². The minimum absolute atomic E-state index is 0.173. The van der Waals surface area contributed by atoms with Gasteiger partial charge in [0.05, 0.1) is 6.10 Å². The van der Waals surface area contributed by atoms with E-state index in [2.05, 4.69) is 12.2 Å². The monoisotopic (exact) mass is 341 g/mol. The molecular weight excluding hydrogens is 314 g/mol. The second-order valence-corrected chi connectivity index (χ2v) is 6.38. The van der Waals surface area contributed by atoms with Crippen molar-refractivity contribution in [3.8, 4) is 11.5 Å². The molecule has 1 amide bonds. The molecule has 25 heavy (non-hydrogen) atoms. The summed E-state index contributed by atoms with van der Waals surface area (Å²) in [7, 11) is 0. The summed E-state index contributed by atoms with van der Waals surface area (Å²) in [6.45, 7) is 9.82. The summed E-state index contributed by atoms with van der Waals surface area (Å²) in [5.41, 5.74) is 2.83. The largest absolute Gasteiger partial charge is 0.491 e. The maximum absolute atomic E-state index is 12.4. The van der Waals surface area contributed by atoms with Gasteiger partial charge >= 0.3 is 0 Å². The summed E-state index contributed by atoms with van der Waals surface area (Å²) in [5.74, 6) is 1.35. The first-order valence-electron chi connectivity index (χ1n) is 8.70. The van der Waals surface area contributed by atoms with Crippen LogP contribution in [0.2, 0.25) is 0 Å². The maximum atomic E-state index is 12.4. The molecule has 0 aliphatic rings. The van der Waals surface area contributed by atoms with Crippen LogP contribution in [0.25, 0.3) is 0 Å². The Morgan fingerprint density at radius 1 is 1.04 bits per heavy atom. The van der Waals surface area contributed by atoms with E-state index in [-0.39, 0.29) is 12.0 Å². The lowest BCUT2D eigenvalue weighted by atomic mass is 10.1. The predicted molar refractivity (Wildman–Crippen MR) is 101 cm³/mol. The van der Waals surface area contributed by atoms with Crippen molar-refractivity contribution in [1.29, 1.82) is 0 Å². The van der Waals surface area contributed by atoms with Crippen molar-refractivity contribution < 1.29 is 14.3 Å². The fourth-order valence-corrected chi connectivity index (χ4v) is 2.25. The molecule has 1 N–H and O–H groups in total. The highest BCUT2D eigenvalue weighted by Crippen LogP contribution is 2.21. The van der Waals surface area contributed by atoms with Gasteiger partial charge in [-0.1, -0.05) is 19.1 Å². The Labute approximate surface area is 150 Å². The zero-order valence-corrected chi connectivity index (χ0v) is 15.6. The minimum atomic E-state index is -0.587. The van der Waals surface area contributed by atoms with Gasteiger partial charge in [0.1, 0.15) is 11.5 Å². The molecule has 134 valence electrons. The van der Waals surface area contributed by atoms with Crippen LogP contribution < -0.4 is 14.8 Å². The van der Waals surface area contributed by atoms with E-state index in [1.54, 1.807) is 6.92 Å². The molecule has 0 spiro atoms. The molecular formula is C21H27NO3. The Kier molecular flexibility index (Phi) is 6.45. The molecule has 0 radical (unpaired) electrons. The van der Waals surface area contributed by atoms with Crippen LogP contribution in [-0.4, -0.2) is 18.1 Å². The summed E-state index contributed by atoms with van der Waals surface area (Å²) in [6, 6.07) is 13.3. The molecule has 0 fully saturated rings. The molecule has 4 heteroatoms. The van der Waals surface area contributed by atoms with Crippen LogP contribution in [0.15, 0.2) is 42.5 Å². The second-order valence-electron chi connectivity index (χ2n) is 6.38. The fourth-order valence-electron chi connectivity index (χ4n) is 2.25. The molecule has 0 saturated carbocycles. The van der Waals surface area contributed by atoms with Crippen LogP contribution in [0.4, 0.5) is 5.69 Å². The van der Waals surface area contributed by atoms with Crippen LogP contribution in [0.5, 0.6) is 11.5 Å². The first-order chi connectivity index (χ1) is 11.9. The molecule has 0 saturated heterocycles. The first kappa shape index (κ1) is 18.8. The van der Waals surface area contributed by atoms with Gasteiger partial charge in [0.25, 0.3) is 5.91 Å². The molecule has 2 aromatic rings. The number of rotatable bonds is 7. The first-order valence-corrected chi connectivity index (χ1v) is 8.70. The summed E-state index contributed by atoms with van der Waals surface area (Å²) < 4.78 is 11.6. The van der Waals surface area contributed by atoms with Gasteiger partial charge < -0.3 is 14.8 Å². The number of amides is 1. The second kappa shape index (κ2) is 8.56. The van der Waals surface area contributed by atoms with Gasteiger partial charge in [-0.15, -0.1) is 0 Å². The van der Waals surface area contributed by atoms with Crippen LogP contribution >= 0.6 is 0 Å². The van der Waals surface area contributed by atoms with E-state index in [0.29, 0.717) is 0 Å². The van der Waals surface area contributed by atoms with Gasteiger partial charge in [0.15, 0.2) is 6.10 Å². The average molecular weight is 341 g/mol. The number of hydrogen-bond donors (Lipinski definition) is 1. The molecule has 2 rings (SSSR count). The third-order valence-corrected chi connectivity index (χ3v) is 4.05. The van der Waals surface area contributed by atoms with E-state index in [1.807, 2.05) is 63.2 Å². The standard InChI is InChI=1S/C21H27NO3/c1-6-16(4)24-19-11-9-18(10-12-19)22-21(23)17(5)25-20-13-14(2)7-8-15(20)3/h7-13,16-17H,6H2,1-5H3,(H,22,23). The Balaban J connectivity index is 1.95. The molecule has 0 bridgehead atoms. The van der Waals surface area contributed by atoms with Crippen LogP contribution in [-0.2, 0) is 4.79 Å². The third kappa shape index (κ3) is 5.52. The summed E-state index contributed by atoms with van der Waals surface area (Å²) >= 11 is 0. The average Bonchev–Trinajstić information content (AvgIpc) is 2.59. The lowest BCUT2D eigenvalue weighted by molar-refractivity contribution is -0.122. The number of carbonyl (C=O) groups is 1. The molecule has 2 aromatic carbocycles. The molecule has 0 aliphatic carbocycles. The van der Waals surface area contributed by atoms with Crippen molar-refractivity contribution in [3.05, 3.63) is 53.6 Å². The number of nitrogens with one attached hydrogen (secondary N) is 1. The highest BCUT2D eigenvalue weighted by Gasteiger charge is 2.16. The molecule has 2 unspecified atom stereocenters. The Bertz CT molecular complexity index is 710. The molecule has 0 aromatic heterocycles. The Morgan fingerprint density at radius 3 is 2.36 bits per heavy atom. The van der Waals surface area contributed by atoms with Crippen molar-refractivity contribution in [2.24, 2.45) is 0 Å². The van der Waals surface area contributed by atoms with E-state index < -0.39 is 6.10 Å². The number of anilines is 1. The quantitative estimate of drug-likeness (QED) is 0.780. The number of hydrogen-bond acceptors (Lipinski definition) is 3. The van der Waals surface area contributed by atoms with Gasteiger partial charge in [0, 0.05) is 5.69 Å². The van der Waals surface area contributed by atoms with Crippen molar-refractivity contribution >= 4 is 11.6 Å². The third-order valence-electron chi connectivity index (χ3n) is 4.05. The number of ether oxygens (including phenoxy) is 2.